The van der Waals surface area contributed by atoms with Crippen LogP contribution in [-0.2, 0) is 23.9 Å². The number of anilines is 1. The lowest BCUT2D eigenvalue weighted by Gasteiger charge is -2.21. The normalized spacial score (nSPS) is 22.9. The Balaban J connectivity index is 1.55. The van der Waals surface area contributed by atoms with Gasteiger partial charge in [-0.05, 0) is 26.7 Å². The molecule has 138 valence electrons. The Hall–Kier alpha value is -2.97. The van der Waals surface area contributed by atoms with Crippen molar-refractivity contribution in [1.29, 1.82) is 0 Å². The maximum atomic E-state index is 12.4. The fourth-order valence-corrected chi connectivity index (χ4v) is 3.17. The molecule has 1 aromatic heterocycles. The standard InChI is InChI=1S/C17H19N3O6/c1-9-7-13(19-26-9)18-14(21)8-25-17(24)10(2)20-15(22)11-5-3-4-6-12(11)16(20)23/h3-4,7,10-12H,5-6,8H2,1-2H3,(H,18,19,21). The molecule has 1 aromatic rings. The van der Waals surface area contributed by atoms with Crippen molar-refractivity contribution >= 4 is 29.5 Å². The van der Waals surface area contributed by atoms with Crippen LogP contribution in [0.5, 0.6) is 0 Å². The van der Waals surface area contributed by atoms with Gasteiger partial charge in [0, 0.05) is 6.07 Å². The second-order valence-corrected chi connectivity index (χ2v) is 6.36. The van der Waals surface area contributed by atoms with Crippen LogP contribution < -0.4 is 5.32 Å². The topological polar surface area (TPSA) is 119 Å². The average Bonchev–Trinajstić information content (AvgIpc) is 3.14. The van der Waals surface area contributed by atoms with Gasteiger partial charge in [0.2, 0.25) is 11.8 Å². The number of hydrogen-bond acceptors (Lipinski definition) is 7. The number of fused-ring (bicyclic) bond motifs is 1. The summed E-state index contributed by atoms with van der Waals surface area (Å²) in [5.41, 5.74) is 0. The molecule has 0 aromatic carbocycles. The summed E-state index contributed by atoms with van der Waals surface area (Å²) in [6.45, 7) is 2.53. The molecule has 0 radical (unpaired) electrons. The molecular formula is C17H19N3O6. The van der Waals surface area contributed by atoms with E-state index >= 15 is 0 Å². The number of imide groups is 1. The van der Waals surface area contributed by atoms with Crippen molar-refractivity contribution in [2.24, 2.45) is 11.8 Å². The van der Waals surface area contributed by atoms with Crippen molar-refractivity contribution in [3.63, 3.8) is 0 Å². The van der Waals surface area contributed by atoms with Gasteiger partial charge in [-0.15, -0.1) is 0 Å². The molecule has 9 heteroatoms. The van der Waals surface area contributed by atoms with Crippen molar-refractivity contribution in [2.45, 2.75) is 32.7 Å². The first kappa shape index (κ1) is 17.8. The number of carbonyl (C=O) groups excluding carboxylic acids is 4. The molecule has 3 unspecified atom stereocenters. The number of amides is 3. The number of esters is 1. The predicted molar refractivity (Wildman–Crippen MR) is 87.5 cm³/mol. The molecule has 3 amide bonds. The highest BCUT2D eigenvalue weighted by Crippen LogP contribution is 2.36. The maximum Gasteiger partial charge on any atom is 0.329 e. The molecular weight excluding hydrogens is 342 g/mol. The third-order valence-electron chi connectivity index (χ3n) is 4.51. The van der Waals surface area contributed by atoms with E-state index in [0.717, 1.165) is 4.90 Å². The van der Waals surface area contributed by atoms with Crippen molar-refractivity contribution in [3.05, 3.63) is 24.0 Å². The Kier molecular flexibility index (Phi) is 4.88. The largest absolute Gasteiger partial charge is 0.454 e. The summed E-state index contributed by atoms with van der Waals surface area (Å²) in [7, 11) is 0. The van der Waals surface area contributed by atoms with Crippen LogP contribution >= 0.6 is 0 Å². The first-order valence-electron chi connectivity index (χ1n) is 8.30. The van der Waals surface area contributed by atoms with Crippen molar-refractivity contribution < 1.29 is 28.4 Å². The van der Waals surface area contributed by atoms with Gasteiger partial charge in [0.25, 0.3) is 5.91 Å². The zero-order valence-corrected chi connectivity index (χ0v) is 14.4. The third-order valence-corrected chi connectivity index (χ3v) is 4.51. The Labute approximate surface area is 149 Å². The number of likely N-dealkylation sites (tertiary alicyclic amines) is 1. The Morgan fingerprint density at radius 3 is 2.46 bits per heavy atom. The molecule has 0 spiro atoms. The van der Waals surface area contributed by atoms with Crippen molar-refractivity contribution in [1.82, 2.24) is 10.1 Å². The molecule has 26 heavy (non-hydrogen) atoms. The first-order chi connectivity index (χ1) is 12.4. The van der Waals surface area contributed by atoms with Crippen LogP contribution in [0, 0.1) is 18.8 Å². The van der Waals surface area contributed by atoms with Gasteiger partial charge >= 0.3 is 5.97 Å². The highest BCUT2D eigenvalue weighted by Gasteiger charge is 2.50. The predicted octanol–water partition coefficient (Wildman–Crippen LogP) is 0.804. The van der Waals surface area contributed by atoms with E-state index < -0.39 is 36.4 Å². The molecule has 3 rings (SSSR count). The van der Waals surface area contributed by atoms with Crippen molar-refractivity contribution in [3.8, 4) is 0 Å². The minimum atomic E-state index is -1.08. The van der Waals surface area contributed by atoms with Gasteiger partial charge in [-0.25, -0.2) is 4.79 Å². The van der Waals surface area contributed by atoms with E-state index in [1.54, 1.807) is 6.92 Å². The highest BCUT2D eigenvalue weighted by atomic mass is 16.5. The summed E-state index contributed by atoms with van der Waals surface area (Å²) in [4.78, 5) is 49.8. The molecule has 0 saturated carbocycles. The molecule has 1 fully saturated rings. The Morgan fingerprint density at radius 2 is 1.92 bits per heavy atom. The fourth-order valence-electron chi connectivity index (χ4n) is 3.17. The zero-order valence-electron chi connectivity index (χ0n) is 14.4. The number of carbonyl (C=O) groups is 4. The number of nitrogens with zero attached hydrogens (tertiary/aromatic N) is 2. The van der Waals surface area contributed by atoms with Crippen LogP contribution in [0.3, 0.4) is 0 Å². The minimum Gasteiger partial charge on any atom is -0.454 e. The maximum absolute atomic E-state index is 12.4. The van der Waals surface area contributed by atoms with E-state index in [0.29, 0.717) is 18.6 Å². The summed E-state index contributed by atoms with van der Waals surface area (Å²) in [5.74, 6) is -2.25. The van der Waals surface area contributed by atoms with Crippen LogP contribution in [0.4, 0.5) is 5.82 Å². The highest BCUT2D eigenvalue weighted by molar-refractivity contribution is 6.08. The van der Waals surface area contributed by atoms with Crippen LogP contribution in [-0.4, -0.2) is 46.4 Å². The van der Waals surface area contributed by atoms with Gasteiger partial charge < -0.3 is 14.6 Å². The lowest BCUT2D eigenvalue weighted by atomic mass is 9.85. The van der Waals surface area contributed by atoms with Crippen molar-refractivity contribution in [2.75, 3.05) is 11.9 Å². The summed E-state index contributed by atoms with van der Waals surface area (Å²) in [6.07, 6.45) is 4.73. The summed E-state index contributed by atoms with van der Waals surface area (Å²) >= 11 is 0. The molecule has 2 heterocycles. The van der Waals surface area contributed by atoms with E-state index in [9.17, 15) is 19.2 Å². The van der Waals surface area contributed by atoms with Gasteiger partial charge in [0.05, 0.1) is 11.8 Å². The van der Waals surface area contributed by atoms with E-state index in [2.05, 4.69) is 10.5 Å². The van der Waals surface area contributed by atoms with E-state index in [4.69, 9.17) is 9.26 Å². The fraction of sp³-hybridized carbons (Fsp3) is 0.471. The van der Waals surface area contributed by atoms with Gasteiger partial charge in [-0.2, -0.15) is 0 Å². The van der Waals surface area contributed by atoms with Crippen LogP contribution in [0.25, 0.3) is 0 Å². The summed E-state index contributed by atoms with van der Waals surface area (Å²) in [5, 5.41) is 6.00. The minimum absolute atomic E-state index is 0.207. The quantitative estimate of drug-likeness (QED) is 0.468. The number of aromatic nitrogens is 1. The SMILES string of the molecule is Cc1cc(NC(=O)COC(=O)C(C)N2C(=O)C3CC=CCC3C2=O)no1. The molecule has 1 aliphatic heterocycles. The second-order valence-electron chi connectivity index (χ2n) is 6.36. The van der Waals surface area contributed by atoms with E-state index in [-0.39, 0.29) is 17.6 Å². The lowest BCUT2D eigenvalue weighted by Crippen LogP contribution is -2.45. The van der Waals surface area contributed by atoms with Gasteiger partial charge in [0.15, 0.2) is 12.4 Å². The zero-order chi connectivity index (χ0) is 18.8. The molecule has 1 saturated heterocycles. The summed E-state index contributed by atoms with van der Waals surface area (Å²) in [6, 6.07) is 0.433. The molecule has 0 bridgehead atoms. The number of ether oxygens (including phenoxy) is 1. The van der Waals surface area contributed by atoms with Gasteiger partial charge in [-0.1, -0.05) is 17.3 Å². The number of hydrogen-bond donors (Lipinski definition) is 1. The molecule has 1 N–H and O–H groups in total. The monoisotopic (exact) mass is 361 g/mol. The van der Waals surface area contributed by atoms with Crippen LogP contribution in [0.2, 0.25) is 0 Å². The average molecular weight is 361 g/mol. The molecule has 3 atom stereocenters. The third kappa shape index (κ3) is 3.37. The first-order valence-corrected chi connectivity index (χ1v) is 8.30. The van der Waals surface area contributed by atoms with E-state index in [1.807, 2.05) is 12.2 Å². The summed E-state index contributed by atoms with van der Waals surface area (Å²) < 4.78 is 9.74. The van der Waals surface area contributed by atoms with Gasteiger partial charge in [0.1, 0.15) is 11.8 Å². The number of nitrogens with one attached hydrogen (secondary N) is 1. The smallest absolute Gasteiger partial charge is 0.329 e. The van der Waals surface area contributed by atoms with E-state index in [1.165, 1.54) is 13.0 Å². The van der Waals surface area contributed by atoms with Crippen LogP contribution in [0.15, 0.2) is 22.7 Å². The van der Waals surface area contributed by atoms with Crippen LogP contribution in [0.1, 0.15) is 25.5 Å². The molecule has 9 nitrogen and oxygen atoms in total. The second kappa shape index (κ2) is 7.11. The lowest BCUT2D eigenvalue weighted by molar-refractivity contribution is -0.159. The Morgan fingerprint density at radius 1 is 1.31 bits per heavy atom. The Bertz CT molecular complexity index is 757. The number of aryl methyl sites for hydroxylation is 1. The number of rotatable bonds is 5. The molecule has 1 aliphatic carbocycles. The van der Waals surface area contributed by atoms with Gasteiger partial charge in [-0.3, -0.25) is 19.3 Å². The molecule has 2 aliphatic rings. The number of allylic oxidation sites excluding steroid dienone is 2.